The summed E-state index contributed by atoms with van der Waals surface area (Å²) in [5.41, 5.74) is 6.13. The Morgan fingerprint density at radius 1 is 1.74 bits per heavy atom. The number of hydrogen-bond acceptors (Lipinski definition) is 3. The molecule has 2 unspecified atom stereocenters. The van der Waals surface area contributed by atoms with Crippen molar-refractivity contribution in [2.75, 3.05) is 7.11 Å². The second kappa shape index (κ2) is 9.33. The first-order valence-electron chi connectivity index (χ1n) is 5.51. The molecule has 0 heterocycles. The summed E-state index contributed by atoms with van der Waals surface area (Å²) in [5, 5.41) is 9.83. The Morgan fingerprint density at radius 2 is 2.37 bits per heavy atom. The Bertz CT molecular complexity index is 395. The molecule has 0 aliphatic heterocycles. The van der Waals surface area contributed by atoms with Crippen molar-refractivity contribution in [2.45, 2.75) is 18.9 Å². The van der Waals surface area contributed by atoms with Crippen molar-refractivity contribution in [3.63, 3.8) is 0 Å². The molecule has 1 saturated carbocycles. The summed E-state index contributed by atoms with van der Waals surface area (Å²) < 4.78 is 5.89. The Hall–Kier alpha value is 0.372. The van der Waals surface area contributed by atoms with Crippen molar-refractivity contribution in [1.29, 1.82) is 0 Å². The summed E-state index contributed by atoms with van der Waals surface area (Å²) in [6.45, 7) is 5.63. The van der Waals surface area contributed by atoms with Crippen LogP contribution < -0.4 is 5.73 Å². The Balaban J connectivity index is 0.00000324. The van der Waals surface area contributed by atoms with E-state index in [-0.39, 0.29) is 38.6 Å². The van der Waals surface area contributed by atoms with Crippen LogP contribution in [-0.4, -0.2) is 28.1 Å². The number of allylic oxidation sites excluding steroid dienone is 2. The molecule has 1 amide bonds. The summed E-state index contributed by atoms with van der Waals surface area (Å²) in [4.78, 5) is 11.1. The predicted octanol–water partition coefficient (Wildman–Crippen LogP) is 0.258. The van der Waals surface area contributed by atoms with Crippen LogP contribution in [0.25, 0.3) is 0 Å². The molecule has 6 heteroatoms. The van der Waals surface area contributed by atoms with Crippen molar-refractivity contribution < 1.29 is 66.7 Å². The zero-order valence-electron chi connectivity index (χ0n) is 10.7. The van der Waals surface area contributed by atoms with E-state index in [0.29, 0.717) is 5.76 Å². The average molecular weight is 507 g/mol. The van der Waals surface area contributed by atoms with Gasteiger partial charge in [0.1, 0.15) is 0 Å². The number of nitrogens with two attached hydrogens (primary N) is 1. The standard InChI is InChI=1S/C13H16NO3.W.Y/c1-9(17-2)7-10-5-3-4-6-11(8-10)12(15)13(14)16;;/h1,3,6-7,11-12,15H,4-5H2,2H3,(H2,14,16);;/q-3;;/b10-7-;;. The van der Waals surface area contributed by atoms with Gasteiger partial charge in [0.05, 0.1) is 0 Å². The number of rotatable bonds is 4. The summed E-state index contributed by atoms with van der Waals surface area (Å²) in [5.74, 6) is -0.738. The second-order valence-electron chi connectivity index (χ2n) is 3.98. The fourth-order valence-electron chi connectivity index (χ4n) is 1.71. The molecule has 1 aliphatic rings. The van der Waals surface area contributed by atoms with E-state index in [0.717, 1.165) is 22.3 Å². The molecular formula is C13H16NO3WY-3. The normalized spacial score (nSPS) is 23.2. The molecule has 1 rings (SSSR count). The van der Waals surface area contributed by atoms with Gasteiger partial charge in [0.25, 0.3) is 0 Å². The first-order chi connectivity index (χ1) is 8.47. The number of ether oxygens (including phenoxy) is 1. The van der Waals surface area contributed by atoms with Crippen LogP contribution in [0.5, 0.6) is 0 Å². The fourth-order valence-corrected chi connectivity index (χ4v) is 3.03. The van der Waals surface area contributed by atoms with Crippen molar-refractivity contribution in [3.8, 4) is 0 Å². The molecule has 19 heavy (non-hydrogen) atoms. The van der Waals surface area contributed by atoms with E-state index < -0.39 is 12.0 Å². The topological polar surface area (TPSA) is 72.5 Å². The molecule has 1 aliphatic carbocycles. The largest absolute Gasteiger partial charge is 0 e. The maximum atomic E-state index is 11.1. The van der Waals surface area contributed by atoms with E-state index in [1.807, 2.05) is 6.42 Å². The van der Waals surface area contributed by atoms with Gasteiger partial charge < -0.3 is 0 Å². The summed E-state index contributed by atoms with van der Waals surface area (Å²) in [6.07, 6.45) is 5.97. The maximum absolute atomic E-state index is 11.1. The van der Waals surface area contributed by atoms with Crippen LogP contribution in [0.3, 0.4) is 0 Å². The minimum atomic E-state index is -1.18. The number of carbonyl (C=O) groups is 1. The maximum Gasteiger partial charge on any atom is 0 e. The molecule has 0 spiro atoms. The van der Waals surface area contributed by atoms with Gasteiger partial charge in [-0.15, -0.1) is 0 Å². The van der Waals surface area contributed by atoms with Crippen molar-refractivity contribution in [2.24, 2.45) is 11.7 Å². The van der Waals surface area contributed by atoms with Crippen molar-refractivity contribution in [1.82, 2.24) is 0 Å². The molecule has 103 valence electrons. The van der Waals surface area contributed by atoms with E-state index in [9.17, 15) is 9.90 Å². The van der Waals surface area contributed by atoms with E-state index in [2.05, 4.69) is 6.42 Å². The van der Waals surface area contributed by atoms with Gasteiger partial charge in [0.2, 0.25) is 0 Å². The number of aliphatic hydroxyl groups excluding tert-OH is 1. The molecule has 3 N–H and O–H groups in total. The molecule has 1 fully saturated rings. The number of methoxy groups -OCH3 is 1. The Morgan fingerprint density at radius 3 is 2.89 bits per heavy atom. The predicted molar refractivity (Wildman–Crippen MR) is 64.4 cm³/mol. The van der Waals surface area contributed by atoms with Crippen molar-refractivity contribution in [3.05, 3.63) is 36.8 Å². The molecule has 0 saturated heterocycles. The van der Waals surface area contributed by atoms with Crippen molar-refractivity contribution >= 4 is 9.81 Å². The second-order valence-corrected chi connectivity index (χ2v) is 5.56. The van der Waals surface area contributed by atoms with Crippen LogP contribution in [0.4, 0.5) is 0 Å². The van der Waals surface area contributed by atoms with Gasteiger partial charge in [-0.1, -0.05) is 0 Å². The van der Waals surface area contributed by atoms with Gasteiger partial charge in [-0.05, 0) is 0 Å². The molecule has 2 atom stereocenters. The molecule has 4 nitrogen and oxygen atoms in total. The van der Waals surface area contributed by atoms with Crippen LogP contribution in [-0.2, 0) is 61.6 Å². The summed E-state index contributed by atoms with van der Waals surface area (Å²) in [7, 11) is 1.50. The summed E-state index contributed by atoms with van der Waals surface area (Å²) in [6, 6.07) is 0. The van der Waals surface area contributed by atoms with Gasteiger partial charge in [-0.25, -0.2) is 0 Å². The minimum absolute atomic E-state index is 0. The average Bonchev–Trinajstić information content (AvgIpc) is 2.51. The first kappa shape index (κ1) is 19.4. The van der Waals surface area contributed by atoms with Crippen LogP contribution >= 0.6 is 0 Å². The molecular weight excluding hydrogens is 491 g/mol. The van der Waals surface area contributed by atoms with Gasteiger partial charge in [-0.2, -0.15) is 0 Å². The van der Waals surface area contributed by atoms with Gasteiger partial charge in [0.15, 0.2) is 0 Å². The summed E-state index contributed by atoms with van der Waals surface area (Å²) >= 11 is 1.18. The number of amides is 1. The minimum Gasteiger partial charge on any atom is 0 e. The number of aliphatic hydroxyl groups is 1. The quantitative estimate of drug-likeness (QED) is 0.326. The van der Waals surface area contributed by atoms with E-state index in [4.69, 9.17) is 17.0 Å². The zero-order valence-corrected chi connectivity index (χ0v) is 16.5. The molecule has 0 bridgehead atoms. The molecule has 0 aromatic carbocycles. The van der Waals surface area contributed by atoms with E-state index >= 15 is 0 Å². The van der Waals surface area contributed by atoms with Gasteiger partial charge in [0, 0.05) is 32.7 Å². The zero-order chi connectivity index (χ0) is 13.7. The SMILES string of the molecule is [CH-]=C(/C=C1/C[CH-]C[CH-]C(C(O)C(N)=O)[C]1=[W])OC.[Y]. The number of hydrogen-bond donors (Lipinski definition) is 2. The Kier molecular flexibility index (Phi) is 9.52. The number of primary amides is 1. The van der Waals surface area contributed by atoms with E-state index in [1.54, 1.807) is 6.08 Å². The van der Waals surface area contributed by atoms with Crippen LogP contribution in [0, 0.1) is 25.3 Å². The van der Waals surface area contributed by atoms with Crippen LogP contribution in [0.1, 0.15) is 12.8 Å². The van der Waals surface area contributed by atoms with Crippen LogP contribution in [0.2, 0.25) is 0 Å². The Labute approximate surface area is 150 Å². The molecule has 0 aromatic heterocycles. The smallest absolute Gasteiger partial charge is 0 e. The molecule has 0 aromatic rings. The first-order valence-corrected chi connectivity index (χ1v) is 6.97. The van der Waals surface area contributed by atoms with Gasteiger partial charge in [-0.3, -0.25) is 0 Å². The monoisotopic (exact) mass is 507 g/mol. The van der Waals surface area contributed by atoms with Crippen LogP contribution in [0.15, 0.2) is 17.4 Å². The third-order valence-electron chi connectivity index (χ3n) is 2.72. The molecule has 1 radical (unpaired) electrons. The fraction of sp³-hybridized carbons (Fsp3) is 0.385. The number of carbonyl (C=O) groups excluding carboxylic acids is 1. The van der Waals surface area contributed by atoms with E-state index in [1.165, 1.54) is 26.5 Å². The van der Waals surface area contributed by atoms with Gasteiger partial charge >= 0.3 is 118 Å². The third kappa shape index (κ3) is 5.71. The third-order valence-corrected chi connectivity index (χ3v) is 4.64.